The van der Waals surface area contributed by atoms with Crippen molar-refractivity contribution in [2.45, 2.75) is 32.5 Å². The van der Waals surface area contributed by atoms with E-state index in [2.05, 4.69) is 34.7 Å². The maximum Gasteiger partial charge on any atom is 0.0674 e. The molecule has 2 unspecified atom stereocenters. The monoisotopic (exact) mass is 298 g/mol. The molecule has 2 N–H and O–H groups in total. The first-order chi connectivity index (χ1) is 8.08. The minimum absolute atomic E-state index is 0.301. The largest absolute Gasteiger partial charge is 0.398 e. The van der Waals surface area contributed by atoms with Crippen molar-refractivity contribution in [2.24, 2.45) is 0 Å². The van der Waals surface area contributed by atoms with Gasteiger partial charge in [0, 0.05) is 34.9 Å². The summed E-state index contributed by atoms with van der Waals surface area (Å²) in [5.74, 6) is 0. The maximum atomic E-state index is 6.03. The summed E-state index contributed by atoms with van der Waals surface area (Å²) in [5.41, 5.74) is 8.06. The molecule has 1 aromatic rings. The van der Waals surface area contributed by atoms with Crippen molar-refractivity contribution >= 4 is 21.6 Å². The van der Waals surface area contributed by atoms with E-state index in [-0.39, 0.29) is 0 Å². The fourth-order valence-electron chi connectivity index (χ4n) is 2.14. The number of hydrogen-bond donors (Lipinski definition) is 1. The molecule has 4 heteroatoms. The predicted octanol–water partition coefficient (Wildman–Crippen LogP) is 2.64. The minimum Gasteiger partial charge on any atom is -0.398 e. The van der Waals surface area contributed by atoms with E-state index in [0.717, 1.165) is 29.9 Å². The van der Waals surface area contributed by atoms with Crippen LogP contribution in [0.5, 0.6) is 0 Å². The second-order valence-corrected chi connectivity index (χ2v) is 5.58. The molecule has 2 atom stereocenters. The van der Waals surface area contributed by atoms with Crippen LogP contribution in [0.25, 0.3) is 0 Å². The summed E-state index contributed by atoms with van der Waals surface area (Å²) in [4.78, 5) is 2.42. The van der Waals surface area contributed by atoms with Crippen LogP contribution in [0.3, 0.4) is 0 Å². The first-order valence-electron chi connectivity index (χ1n) is 5.96. The van der Waals surface area contributed by atoms with Crippen LogP contribution in [0.4, 0.5) is 5.69 Å². The highest BCUT2D eigenvalue weighted by Gasteiger charge is 2.24. The van der Waals surface area contributed by atoms with E-state index in [1.54, 1.807) is 0 Å². The Bertz CT molecular complexity index is 377. The molecule has 94 valence electrons. The molecule has 1 aliphatic heterocycles. The summed E-state index contributed by atoms with van der Waals surface area (Å²) in [5, 5.41) is 0. The van der Waals surface area contributed by atoms with Crippen LogP contribution in [0, 0.1) is 0 Å². The summed E-state index contributed by atoms with van der Waals surface area (Å²) in [6.45, 7) is 6.94. The number of morpholine rings is 1. The maximum absolute atomic E-state index is 6.03. The molecule has 17 heavy (non-hydrogen) atoms. The Morgan fingerprint density at radius 2 is 2.24 bits per heavy atom. The SMILES string of the molecule is CC1CN(Cc2c(N)cccc2Br)C(C)CO1. The van der Waals surface area contributed by atoms with Gasteiger partial charge in [0.1, 0.15) is 0 Å². The van der Waals surface area contributed by atoms with Gasteiger partial charge in [0.15, 0.2) is 0 Å². The average Bonchev–Trinajstić information content (AvgIpc) is 2.28. The first kappa shape index (κ1) is 12.9. The Balaban J connectivity index is 2.14. The topological polar surface area (TPSA) is 38.5 Å². The van der Waals surface area contributed by atoms with E-state index in [4.69, 9.17) is 10.5 Å². The molecule has 1 aromatic carbocycles. The van der Waals surface area contributed by atoms with Crippen LogP contribution in [0.2, 0.25) is 0 Å². The molecule has 0 aromatic heterocycles. The zero-order chi connectivity index (χ0) is 12.4. The molecule has 3 nitrogen and oxygen atoms in total. The van der Waals surface area contributed by atoms with Gasteiger partial charge in [-0.3, -0.25) is 4.90 Å². The van der Waals surface area contributed by atoms with Crippen LogP contribution >= 0.6 is 15.9 Å². The molecule has 1 fully saturated rings. The molecule has 0 aliphatic carbocycles. The second-order valence-electron chi connectivity index (χ2n) is 4.73. The number of nitrogens with two attached hydrogens (primary N) is 1. The normalized spacial score (nSPS) is 26.1. The molecule has 0 saturated carbocycles. The molecule has 1 aliphatic rings. The van der Waals surface area contributed by atoms with Gasteiger partial charge in [0.25, 0.3) is 0 Å². The van der Waals surface area contributed by atoms with Gasteiger partial charge in [0.05, 0.1) is 12.7 Å². The standard InChI is InChI=1S/C13H19BrN2O/c1-9-8-17-10(2)6-16(9)7-11-12(14)4-3-5-13(11)15/h3-5,9-10H,6-8,15H2,1-2H3. The van der Waals surface area contributed by atoms with Gasteiger partial charge in [-0.1, -0.05) is 22.0 Å². The van der Waals surface area contributed by atoms with Crippen molar-refractivity contribution in [3.63, 3.8) is 0 Å². The average molecular weight is 299 g/mol. The van der Waals surface area contributed by atoms with Crippen LogP contribution < -0.4 is 5.73 Å². The lowest BCUT2D eigenvalue weighted by atomic mass is 10.1. The third-order valence-electron chi connectivity index (χ3n) is 3.25. The van der Waals surface area contributed by atoms with Crippen LogP contribution in [-0.2, 0) is 11.3 Å². The summed E-state index contributed by atoms with van der Waals surface area (Å²) < 4.78 is 6.72. The van der Waals surface area contributed by atoms with E-state index in [1.165, 1.54) is 5.56 Å². The summed E-state index contributed by atoms with van der Waals surface area (Å²) in [7, 11) is 0. The summed E-state index contributed by atoms with van der Waals surface area (Å²) in [6, 6.07) is 6.40. The van der Waals surface area contributed by atoms with E-state index in [1.807, 2.05) is 18.2 Å². The van der Waals surface area contributed by atoms with Crippen molar-refractivity contribution in [3.05, 3.63) is 28.2 Å². The Morgan fingerprint density at radius 1 is 1.47 bits per heavy atom. The van der Waals surface area contributed by atoms with E-state index in [0.29, 0.717) is 12.1 Å². The van der Waals surface area contributed by atoms with Gasteiger partial charge in [-0.25, -0.2) is 0 Å². The third kappa shape index (κ3) is 3.00. The van der Waals surface area contributed by atoms with Crippen molar-refractivity contribution in [1.82, 2.24) is 4.90 Å². The number of rotatable bonds is 2. The number of benzene rings is 1. The van der Waals surface area contributed by atoms with E-state index >= 15 is 0 Å². The molecule has 0 spiro atoms. The van der Waals surface area contributed by atoms with E-state index < -0.39 is 0 Å². The number of hydrogen-bond acceptors (Lipinski definition) is 3. The smallest absolute Gasteiger partial charge is 0.0674 e. The Hall–Kier alpha value is -0.580. The van der Waals surface area contributed by atoms with E-state index in [9.17, 15) is 0 Å². The number of anilines is 1. The molecule has 0 bridgehead atoms. The minimum atomic E-state index is 0.301. The Labute approximate surface area is 111 Å². The van der Waals surface area contributed by atoms with Crippen molar-refractivity contribution in [1.29, 1.82) is 0 Å². The Morgan fingerprint density at radius 3 is 2.94 bits per heavy atom. The molecule has 0 radical (unpaired) electrons. The molecule has 1 saturated heterocycles. The first-order valence-corrected chi connectivity index (χ1v) is 6.75. The van der Waals surface area contributed by atoms with Gasteiger partial charge >= 0.3 is 0 Å². The van der Waals surface area contributed by atoms with Crippen molar-refractivity contribution < 1.29 is 4.74 Å². The number of nitrogen functional groups attached to an aromatic ring is 1. The van der Waals surface area contributed by atoms with Crippen LogP contribution in [0.1, 0.15) is 19.4 Å². The predicted molar refractivity (Wildman–Crippen MR) is 73.8 cm³/mol. The fourth-order valence-corrected chi connectivity index (χ4v) is 2.64. The molecular formula is C13H19BrN2O. The fraction of sp³-hybridized carbons (Fsp3) is 0.538. The van der Waals surface area contributed by atoms with Gasteiger partial charge in [-0.15, -0.1) is 0 Å². The summed E-state index contributed by atoms with van der Waals surface area (Å²) >= 11 is 3.57. The highest BCUT2D eigenvalue weighted by Crippen LogP contribution is 2.26. The highest BCUT2D eigenvalue weighted by atomic mass is 79.9. The third-order valence-corrected chi connectivity index (χ3v) is 4.00. The van der Waals surface area contributed by atoms with Crippen molar-refractivity contribution in [3.8, 4) is 0 Å². The Kier molecular flexibility index (Phi) is 4.07. The van der Waals surface area contributed by atoms with Crippen molar-refractivity contribution in [2.75, 3.05) is 18.9 Å². The zero-order valence-electron chi connectivity index (χ0n) is 10.3. The summed E-state index contributed by atoms with van der Waals surface area (Å²) in [6.07, 6.45) is 0.301. The van der Waals surface area contributed by atoms with Crippen LogP contribution in [-0.4, -0.2) is 30.2 Å². The lowest BCUT2D eigenvalue weighted by molar-refractivity contribution is -0.0526. The quantitative estimate of drug-likeness (QED) is 0.853. The van der Waals surface area contributed by atoms with Gasteiger partial charge in [0.2, 0.25) is 0 Å². The molecule has 2 rings (SSSR count). The zero-order valence-corrected chi connectivity index (χ0v) is 11.9. The van der Waals surface area contributed by atoms with Gasteiger partial charge in [-0.2, -0.15) is 0 Å². The lowest BCUT2D eigenvalue weighted by Gasteiger charge is -2.37. The number of nitrogens with zero attached hydrogens (tertiary/aromatic N) is 1. The highest BCUT2D eigenvalue weighted by molar-refractivity contribution is 9.10. The van der Waals surface area contributed by atoms with Gasteiger partial charge < -0.3 is 10.5 Å². The molecular weight excluding hydrogens is 280 g/mol. The number of ether oxygens (including phenoxy) is 1. The lowest BCUT2D eigenvalue weighted by Crippen LogP contribution is -2.46. The van der Waals surface area contributed by atoms with Gasteiger partial charge in [-0.05, 0) is 26.0 Å². The molecule has 0 amide bonds. The molecule has 1 heterocycles. The second kappa shape index (κ2) is 5.38. The van der Waals surface area contributed by atoms with Crippen LogP contribution in [0.15, 0.2) is 22.7 Å². The number of halogens is 1.